The van der Waals surface area contributed by atoms with Crippen LogP contribution < -0.4 is 31.9 Å². The van der Waals surface area contributed by atoms with E-state index in [1.54, 1.807) is 27.7 Å². The summed E-state index contributed by atoms with van der Waals surface area (Å²) in [6.45, 7) is 23.4. The lowest BCUT2D eigenvalue weighted by atomic mass is 9.97. The predicted octanol–water partition coefficient (Wildman–Crippen LogP) is 11.2. The Kier molecular flexibility index (Phi) is 32.1. The number of alkyl carbamates (subject to hydrolysis) is 1. The van der Waals surface area contributed by atoms with Crippen LogP contribution >= 0.6 is 0 Å². The quantitative estimate of drug-likeness (QED) is 0.0177. The van der Waals surface area contributed by atoms with Crippen molar-refractivity contribution in [2.75, 3.05) is 6.61 Å². The minimum absolute atomic E-state index is 0.0263. The van der Waals surface area contributed by atoms with Crippen LogP contribution in [0.5, 0.6) is 0 Å². The lowest BCUT2D eigenvalue weighted by molar-refractivity contribution is -0.160. The number of carbonyl (C=O) groups is 9. The van der Waals surface area contributed by atoms with Crippen molar-refractivity contribution < 1.29 is 62.1 Å². The number of ether oxygens (including phenoxy) is 4. The molecular weight excluding hydrogens is 1140 g/mol. The van der Waals surface area contributed by atoms with Gasteiger partial charge in [-0.25, -0.2) is 9.59 Å². The normalized spacial score (nSPS) is 14.7. The molecule has 3 aromatic carbocycles. The minimum atomic E-state index is -1.63. The molecule has 0 aromatic heterocycles. The van der Waals surface area contributed by atoms with Crippen LogP contribution in [0, 0.1) is 23.7 Å². The molecular formula is C71H106N6O13. The molecule has 3 aromatic rings. The molecule has 0 heterocycles. The molecule has 0 saturated heterocycles. The summed E-state index contributed by atoms with van der Waals surface area (Å²) in [5.74, 6) is -7.02. The first-order valence-corrected chi connectivity index (χ1v) is 32.9. The first-order chi connectivity index (χ1) is 42.7. The Morgan fingerprint density at radius 3 is 1.48 bits per heavy atom. The van der Waals surface area contributed by atoms with Crippen LogP contribution in [0.1, 0.15) is 215 Å². The van der Waals surface area contributed by atoms with E-state index in [0.29, 0.717) is 19.3 Å². The zero-order valence-electron chi connectivity index (χ0n) is 56.0. The Bertz CT molecular complexity index is 2740. The topological polar surface area (TPSA) is 263 Å². The molecule has 1 aliphatic rings. The number of carbonyl (C=O) groups excluding carboxylic acids is 9. The number of hydrogen-bond acceptors (Lipinski definition) is 13. The predicted molar refractivity (Wildman–Crippen MR) is 348 cm³/mol. The van der Waals surface area contributed by atoms with Crippen LogP contribution in [0.15, 0.2) is 78.9 Å². The fourth-order valence-electron chi connectivity index (χ4n) is 10.9. The summed E-state index contributed by atoms with van der Waals surface area (Å²) >= 11 is 0. The number of unbranched alkanes of at least 4 members (excludes halogenated alkanes) is 8. The molecule has 498 valence electrons. The van der Waals surface area contributed by atoms with Gasteiger partial charge in [0.25, 0.3) is 0 Å². The van der Waals surface area contributed by atoms with Gasteiger partial charge in [0.2, 0.25) is 29.5 Å². The van der Waals surface area contributed by atoms with Gasteiger partial charge in [0.05, 0.1) is 12.8 Å². The summed E-state index contributed by atoms with van der Waals surface area (Å²) in [6, 6.07) is 17.4. The van der Waals surface area contributed by atoms with Crippen molar-refractivity contribution in [2.24, 2.45) is 23.7 Å². The highest BCUT2D eigenvalue weighted by Crippen LogP contribution is 2.44. The number of esters is 3. The summed E-state index contributed by atoms with van der Waals surface area (Å²) < 4.78 is 23.1. The molecule has 90 heavy (non-hydrogen) atoms. The lowest BCUT2D eigenvalue weighted by Crippen LogP contribution is -2.60. The SMILES string of the molecule is CCCCCCCCCCCC(CC(=O)OCc1ccccc1)OC(=O)[C@@H](NC(=O)[C@@H](CC(C)C)NC(=O)[C@H](CC(=O)OC(C)(C)C)NC(=O)[C@H](C)NC(=O)[C@@H](CC(C)C)NC(=O)[C@H](CC(C)C)NC(=O)OCC1c2ccccc2-c2ccccc21)[C@@H](C)CC. The summed E-state index contributed by atoms with van der Waals surface area (Å²) in [4.78, 5) is 126. The van der Waals surface area contributed by atoms with Crippen LogP contribution in [0.2, 0.25) is 0 Å². The molecule has 0 bridgehead atoms. The lowest BCUT2D eigenvalue weighted by Gasteiger charge is -2.29. The summed E-state index contributed by atoms with van der Waals surface area (Å²) in [6.07, 6.45) is 8.46. The zero-order valence-corrected chi connectivity index (χ0v) is 56.0. The van der Waals surface area contributed by atoms with E-state index in [9.17, 15) is 43.2 Å². The van der Waals surface area contributed by atoms with Gasteiger partial charge in [0, 0.05) is 5.92 Å². The standard InChI is InChI=1S/C71H106N6O13/c1-14-16-17-18-19-20-21-22-26-33-51(41-61(78)87-43-50-31-24-23-25-32-50)89-69(85)63(48(9)15-2)77-68(84)58(39-46(5)6)75-67(83)60(42-62(79)90-71(11,12)13)73-64(80)49(10)72-65(81)57(38-45(3)4)74-66(82)59(40-47(7)8)76-70(86)88-44-56-54-36-29-27-34-52(54)53-35-28-30-37-55(53)56/h23-25,27-32,34-37,45-49,51,56-60,63H,14-22,26,33,38-44H2,1-13H3,(H,72,81)(H,73,80)(H,74,82)(H,75,83)(H,76,86)(H,77,84)/t48-,49-,51?,57+,58+,59-,60-,63-/m0/s1. The fraction of sp³-hybridized carbons (Fsp3) is 0.620. The maximum atomic E-state index is 14.5. The number of rotatable bonds is 39. The summed E-state index contributed by atoms with van der Waals surface area (Å²) in [5.41, 5.74) is 4.02. The second-order valence-corrected chi connectivity index (χ2v) is 26.5. The molecule has 4 rings (SSSR count). The number of fused-ring (bicyclic) bond motifs is 3. The second kappa shape index (κ2) is 38.4. The highest BCUT2D eigenvalue weighted by Gasteiger charge is 2.37. The van der Waals surface area contributed by atoms with Gasteiger partial charge in [0.1, 0.15) is 61.2 Å². The molecule has 1 unspecified atom stereocenters. The highest BCUT2D eigenvalue weighted by molar-refractivity contribution is 5.98. The Hall–Kier alpha value is -7.31. The molecule has 1 aliphatic carbocycles. The van der Waals surface area contributed by atoms with Crippen molar-refractivity contribution in [1.82, 2.24) is 31.9 Å². The van der Waals surface area contributed by atoms with Crippen LogP contribution in [-0.2, 0) is 63.9 Å². The maximum absolute atomic E-state index is 14.5. The fourth-order valence-corrected chi connectivity index (χ4v) is 10.9. The van der Waals surface area contributed by atoms with E-state index < -0.39 is 114 Å². The third-order valence-corrected chi connectivity index (χ3v) is 15.8. The first-order valence-electron chi connectivity index (χ1n) is 32.9. The van der Waals surface area contributed by atoms with Gasteiger partial charge in [-0.3, -0.25) is 33.6 Å². The van der Waals surface area contributed by atoms with Crippen molar-refractivity contribution in [3.63, 3.8) is 0 Å². The highest BCUT2D eigenvalue weighted by atomic mass is 16.6. The van der Waals surface area contributed by atoms with Crippen molar-refractivity contribution in [1.29, 1.82) is 0 Å². The van der Waals surface area contributed by atoms with Gasteiger partial charge in [-0.15, -0.1) is 0 Å². The Balaban J connectivity index is 1.47. The second-order valence-electron chi connectivity index (χ2n) is 26.5. The zero-order chi connectivity index (χ0) is 66.5. The Morgan fingerprint density at radius 2 is 0.956 bits per heavy atom. The largest absolute Gasteiger partial charge is 0.461 e. The molecule has 19 nitrogen and oxygen atoms in total. The molecule has 8 atom stereocenters. The molecule has 0 saturated carbocycles. The summed E-state index contributed by atoms with van der Waals surface area (Å²) in [7, 11) is 0. The molecule has 0 aliphatic heterocycles. The van der Waals surface area contributed by atoms with Crippen LogP contribution in [0.25, 0.3) is 11.1 Å². The number of hydrogen-bond donors (Lipinski definition) is 6. The first kappa shape index (κ1) is 75.2. The molecule has 0 radical (unpaired) electrons. The van der Waals surface area contributed by atoms with Crippen molar-refractivity contribution in [2.45, 2.75) is 253 Å². The monoisotopic (exact) mass is 1250 g/mol. The van der Waals surface area contributed by atoms with Crippen molar-refractivity contribution in [3.8, 4) is 11.1 Å². The third kappa shape index (κ3) is 26.6. The average Bonchev–Trinajstić information content (AvgIpc) is 1.67. The number of nitrogens with one attached hydrogen (secondary N) is 6. The van der Waals surface area contributed by atoms with Gasteiger partial charge in [-0.2, -0.15) is 0 Å². The van der Waals surface area contributed by atoms with Crippen molar-refractivity contribution >= 4 is 53.5 Å². The van der Waals surface area contributed by atoms with E-state index in [1.165, 1.54) is 32.6 Å². The Morgan fingerprint density at radius 1 is 0.489 bits per heavy atom. The van der Waals surface area contributed by atoms with Gasteiger partial charge in [-0.1, -0.05) is 199 Å². The van der Waals surface area contributed by atoms with E-state index in [-0.39, 0.29) is 62.6 Å². The molecule has 0 fully saturated rings. The molecule has 0 spiro atoms. The summed E-state index contributed by atoms with van der Waals surface area (Å²) in [5, 5.41) is 16.3. The maximum Gasteiger partial charge on any atom is 0.407 e. The molecule has 6 amide bonds. The van der Waals surface area contributed by atoms with E-state index in [0.717, 1.165) is 53.5 Å². The average molecular weight is 1250 g/mol. The van der Waals surface area contributed by atoms with Gasteiger partial charge < -0.3 is 50.8 Å². The van der Waals surface area contributed by atoms with Gasteiger partial charge >= 0.3 is 24.0 Å². The smallest absolute Gasteiger partial charge is 0.407 e. The minimum Gasteiger partial charge on any atom is -0.461 e. The van der Waals surface area contributed by atoms with Gasteiger partial charge in [0.15, 0.2) is 0 Å². The number of amides is 6. The van der Waals surface area contributed by atoms with Crippen molar-refractivity contribution in [3.05, 3.63) is 95.6 Å². The third-order valence-electron chi connectivity index (χ3n) is 15.8. The molecule has 6 N–H and O–H groups in total. The van der Waals surface area contributed by atoms with Crippen LogP contribution in [-0.4, -0.2) is 108 Å². The van der Waals surface area contributed by atoms with E-state index >= 15 is 0 Å². The van der Waals surface area contributed by atoms with E-state index in [2.05, 4.69) is 38.8 Å². The molecule has 19 heteroatoms. The van der Waals surface area contributed by atoms with Crippen LogP contribution in [0.3, 0.4) is 0 Å². The number of benzene rings is 3. The van der Waals surface area contributed by atoms with Gasteiger partial charge in [-0.05, 0) is 111 Å². The van der Waals surface area contributed by atoms with E-state index in [1.807, 2.05) is 127 Å². The Labute approximate surface area is 535 Å². The van der Waals surface area contributed by atoms with Crippen LogP contribution in [0.4, 0.5) is 4.79 Å². The van der Waals surface area contributed by atoms with E-state index in [4.69, 9.17) is 18.9 Å².